The van der Waals surface area contributed by atoms with Crippen molar-refractivity contribution in [1.29, 1.82) is 0 Å². The average molecular weight is 180 g/mol. The lowest BCUT2D eigenvalue weighted by Gasteiger charge is -2.05. The maximum Gasteiger partial charge on any atom is 0.133 e. The molecule has 0 fully saturated rings. The van der Waals surface area contributed by atoms with Gasteiger partial charge in [-0.05, 0) is 25.5 Å². The van der Waals surface area contributed by atoms with Crippen molar-refractivity contribution in [2.75, 3.05) is 0 Å². The van der Waals surface area contributed by atoms with E-state index in [1.807, 2.05) is 25.1 Å². The van der Waals surface area contributed by atoms with Crippen LogP contribution in [0.5, 0.6) is 0 Å². The molecule has 0 aliphatic carbocycles. The summed E-state index contributed by atoms with van der Waals surface area (Å²) in [6.45, 7) is 3.96. The number of carbonyl (C=O) groups excluding carboxylic acids is 1. The number of benzene rings is 1. The molecular weight excluding hydrogens is 168 g/mol. The van der Waals surface area contributed by atoms with Crippen molar-refractivity contribution in [3.8, 4) is 0 Å². The van der Waals surface area contributed by atoms with Gasteiger partial charge < -0.3 is 4.79 Å². The SMILES string of the molecule is Cc1ccccc1SC(C)C=O. The number of rotatable bonds is 3. The summed E-state index contributed by atoms with van der Waals surface area (Å²) >= 11 is 1.60. The summed E-state index contributed by atoms with van der Waals surface area (Å²) < 4.78 is 0. The first kappa shape index (κ1) is 9.33. The molecule has 0 radical (unpaired) electrons. The first-order valence-corrected chi connectivity index (χ1v) is 4.79. The Hall–Kier alpha value is -0.760. The van der Waals surface area contributed by atoms with Gasteiger partial charge in [-0.25, -0.2) is 0 Å². The van der Waals surface area contributed by atoms with Crippen LogP contribution < -0.4 is 0 Å². The van der Waals surface area contributed by atoms with Gasteiger partial charge in [-0.15, -0.1) is 11.8 Å². The lowest BCUT2D eigenvalue weighted by atomic mass is 10.2. The molecule has 1 aromatic rings. The Morgan fingerprint density at radius 2 is 2.08 bits per heavy atom. The van der Waals surface area contributed by atoms with Crippen LogP contribution in [0.25, 0.3) is 0 Å². The summed E-state index contributed by atoms with van der Waals surface area (Å²) in [5.74, 6) is 0. The standard InChI is InChI=1S/C10H12OS/c1-8-5-3-4-6-10(8)12-9(2)7-11/h3-7,9H,1-2H3. The van der Waals surface area contributed by atoms with Gasteiger partial charge in [0.1, 0.15) is 6.29 Å². The van der Waals surface area contributed by atoms with Crippen LogP contribution in [0, 0.1) is 6.92 Å². The van der Waals surface area contributed by atoms with Crippen molar-refractivity contribution in [3.63, 3.8) is 0 Å². The molecule has 1 aromatic carbocycles. The molecule has 1 nitrogen and oxygen atoms in total. The number of thioether (sulfide) groups is 1. The molecule has 0 aliphatic heterocycles. The zero-order valence-corrected chi connectivity index (χ0v) is 8.10. The molecular formula is C10H12OS. The highest BCUT2D eigenvalue weighted by Gasteiger charge is 2.03. The summed E-state index contributed by atoms with van der Waals surface area (Å²) in [4.78, 5) is 11.6. The molecule has 0 aromatic heterocycles. The van der Waals surface area contributed by atoms with Gasteiger partial charge in [0, 0.05) is 4.90 Å². The predicted molar refractivity (Wildman–Crippen MR) is 52.6 cm³/mol. The van der Waals surface area contributed by atoms with Crippen molar-refractivity contribution in [2.24, 2.45) is 0 Å². The molecule has 0 N–H and O–H groups in total. The van der Waals surface area contributed by atoms with Crippen LogP contribution in [0.1, 0.15) is 12.5 Å². The average Bonchev–Trinajstić information content (AvgIpc) is 2.09. The third kappa shape index (κ3) is 2.38. The van der Waals surface area contributed by atoms with Gasteiger partial charge in [0.05, 0.1) is 5.25 Å². The summed E-state index contributed by atoms with van der Waals surface area (Å²) in [6, 6.07) is 8.09. The van der Waals surface area contributed by atoms with E-state index >= 15 is 0 Å². The minimum absolute atomic E-state index is 0.0473. The fourth-order valence-electron chi connectivity index (χ4n) is 0.917. The van der Waals surface area contributed by atoms with E-state index < -0.39 is 0 Å². The van der Waals surface area contributed by atoms with Crippen LogP contribution in [0.2, 0.25) is 0 Å². The maximum atomic E-state index is 10.4. The van der Waals surface area contributed by atoms with Crippen LogP contribution in [-0.2, 0) is 4.79 Å². The van der Waals surface area contributed by atoms with Crippen molar-refractivity contribution in [1.82, 2.24) is 0 Å². The fraction of sp³-hybridized carbons (Fsp3) is 0.300. The Bertz CT molecular complexity index is 270. The van der Waals surface area contributed by atoms with E-state index in [1.54, 1.807) is 11.8 Å². The van der Waals surface area contributed by atoms with Gasteiger partial charge in [0.15, 0.2) is 0 Å². The van der Waals surface area contributed by atoms with E-state index in [0.717, 1.165) is 6.29 Å². The number of aryl methyl sites for hydroxylation is 1. The highest BCUT2D eigenvalue weighted by Crippen LogP contribution is 2.24. The molecule has 2 heteroatoms. The van der Waals surface area contributed by atoms with E-state index in [1.165, 1.54) is 10.5 Å². The van der Waals surface area contributed by atoms with Crippen LogP contribution in [0.3, 0.4) is 0 Å². The maximum absolute atomic E-state index is 10.4. The van der Waals surface area contributed by atoms with Crippen molar-refractivity contribution in [3.05, 3.63) is 29.8 Å². The summed E-state index contributed by atoms with van der Waals surface area (Å²) in [6.07, 6.45) is 0.969. The van der Waals surface area contributed by atoms with Crippen LogP contribution in [0.4, 0.5) is 0 Å². The molecule has 0 spiro atoms. The minimum atomic E-state index is 0.0473. The number of carbonyl (C=O) groups is 1. The highest BCUT2D eigenvalue weighted by atomic mass is 32.2. The van der Waals surface area contributed by atoms with Crippen LogP contribution in [-0.4, -0.2) is 11.5 Å². The fourth-order valence-corrected chi connectivity index (χ4v) is 1.78. The Morgan fingerprint density at radius 3 is 2.67 bits per heavy atom. The molecule has 0 aliphatic rings. The molecule has 0 saturated carbocycles. The molecule has 1 unspecified atom stereocenters. The molecule has 0 heterocycles. The smallest absolute Gasteiger partial charge is 0.133 e. The first-order chi connectivity index (χ1) is 5.74. The molecule has 0 amide bonds. The number of hydrogen-bond acceptors (Lipinski definition) is 2. The van der Waals surface area contributed by atoms with Crippen LogP contribution in [0.15, 0.2) is 29.2 Å². The lowest BCUT2D eigenvalue weighted by molar-refractivity contribution is -0.107. The van der Waals surface area contributed by atoms with Crippen molar-refractivity contribution < 1.29 is 4.79 Å². The topological polar surface area (TPSA) is 17.1 Å². The summed E-state index contributed by atoms with van der Waals surface area (Å²) in [5.41, 5.74) is 1.23. The van der Waals surface area contributed by atoms with E-state index in [4.69, 9.17) is 0 Å². The minimum Gasteiger partial charge on any atom is -0.302 e. The van der Waals surface area contributed by atoms with E-state index in [0.29, 0.717) is 0 Å². The Kier molecular flexibility index (Phi) is 3.35. The second kappa shape index (κ2) is 4.31. The van der Waals surface area contributed by atoms with E-state index in [2.05, 4.69) is 13.0 Å². The predicted octanol–water partition coefficient (Wildman–Crippen LogP) is 2.67. The molecule has 0 saturated heterocycles. The van der Waals surface area contributed by atoms with Crippen LogP contribution >= 0.6 is 11.8 Å². The Labute approximate surface area is 77.2 Å². The Morgan fingerprint density at radius 1 is 1.42 bits per heavy atom. The van der Waals surface area contributed by atoms with E-state index in [-0.39, 0.29) is 5.25 Å². The van der Waals surface area contributed by atoms with Gasteiger partial charge in [0.25, 0.3) is 0 Å². The van der Waals surface area contributed by atoms with Crippen molar-refractivity contribution in [2.45, 2.75) is 24.0 Å². The van der Waals surface area contributed by atoms with Gasteiger partial charge in [-0.1, -0.05) is 18.2 Å². The number of aldehydes is 1. The largest absolute Gasteiger partial charge is 0.302 e. The molecule has 1 rings (SSSR count). The lowest BCUT2D eigenvalue weighted by Crippen LogP contribution is -1.96. The van der Waals surface area contributed by atoms with Crippen molar-refractivity contribution >= 4 is 18.0 Å². The van der Waals surface area contributed by atoms with Gasteiger partial charge in [-0.2, -0.15) is 0 Å². The molecule has 0 bridgehead atoms. The highest BCUT2D eigenvalue weighted by molar-refractivity contribution is 8.00. The quantitative estimate of drug-likeness (QED) is 0.525. The van der Waals surface area contributed by atoms with E-state index in [9.17, 15) is 4.79 Å². The normalized spacial score (nSPS) is 12.5. The zero-order valence-electron chi connectivity index (χ0n) is 7.28. The van der Waals surface area contributed by atoms with Gasteiger partial charge in [-0.3, -0.25) is 0 Å². The van der Waals surface area contributed by atoms with Gasteiger partial charge >= 0.3 is 0 Å². The number of hydrogen-bond donors (Lipinski definition) is 0. The Balaban J connectivity index is 2.75. The zero-order chi connectivity index (χ0) is 8.97. The second-order valence-electron chi connectivity index (χ2n) is 2.72. The third-order valence-electron chi connectivity index (χ3n) is 1.60. The second-order valence-corrected chi connectivity index (χ2v) is 4.14. The third-order valence-corrected chi connectivity index (χ3v) is 2.79. The summed E-state index contributed by atoms with van der Waals surface area (Å²) in [5, 5.41) is 0.0473. The first-order valence-electron chi connectivity index (χ1n) is 3.91. The molecule has 64 valence electrons. The molecule has 1 atom stereocenters. The molecule has 12 heavy (non-hydrogen) atoms. The van der Waals surface area contributed by atoms with Gasteiger partial charge in [0.2, 0.25) is 0 Å². The summed E-state index contributed by atoms with van der Waals surface area (Å²) in [7, 11) is 0. The monoisotopic (exact) mass is 180 g/mol.